The summed E-state index contributed by atoms with van der Waals surface area (Å²) in [6, 6.07) is 12.0. The lowest BCUT2D eigenvalue weighted by molar-refractivity contribution is 0.474. The number of aromatic hydroxyl groups is 1. The molecule has 2 nitrogen and oxygen atoms in total. The van der Waals surface area contributed by atoms with Gasteiger partial charge in [-0.1, -0.05) is 24.3 Å². The molecule has 0 amide bonds. The van der Waals surface area contributed by atoms with Crippen LogP contribution in [-0.4, -0.2) is 12.2 Å². The number of fused-ring (bicyclic) bond motifs is 3. The number of rotatable bonds is 0. The van der Waals surface area contributed by atoms with E-state index in [2.05, 4.69) is 37.1 Å². The van der Waals surface area contributed by atoms with Crippen molar-refractivity contribution >= 4 is 5.69 Å². The summed E-state index contributed by atoms with van der Waals surface area (Å²) in [5.74, 6) is 0.341. The zero-order valence-corrected chi connectivity index (χ0v) is 10.1. The highest BCUT2D eigenvalue weighted by Crippen LogP contribution is 2.41. The topological polar surface area (TPSA) is 23.5 Å². The van der Waals surface area contributed by atoms with Crippen molar-refractivity contribution in [1.29, 1.82) is 0 Å². The van der Waals surface area contributed by atoms with Crippen molar-refractivity contribution in [3.8, 4) is 16.9 Å². The van der Waals surface area contributed by atoms with E-state index in [0.29, 0.717) is 5.75 Å². The van der Waals surface area contributed by atoms with Gasteiger partial charge in [-0.2, -0.15) is 0 Å². The van der Waals surface area contributed by atoms with Gasteiger partial charge in [-0.15, -0.1) is 0 Å². The van der Waals surface area contributed by atoms with Crippen molar-refractivity contribution in [1.82, 2.24) is 0 Å². The van der Waals surface area contributed by atoms with Crippen LogP contribution in [0.4, 0.5) is 5.69 Å². The van der Waals surface area contributed by atoms with E-state index >= 15 is 0 Å². The summed E-state index contributed by atoms with van der Waals surface area (Å²) in [6.07, 6.45) is 0. The number of phenols is 1. The molecule has 0 fully saturated rings. The molecular formula is C15H15NO. The molecule has 1 aliphatic rings. The lowest BCUT2D eigenvalue weighted by Crippen LogP contribution is -2.22. The Kier molecular flexibility index (Phi) is 2.11. The minimum absolute atomic E-state index is 0.341. The van der Waals surface area contributed by atoms with E-state index in [1.54, 1.807) is 6.07 Å². The SMILES string of the molecule is Cc1cccc2c1N(C)Cc1cc(O)ccc1-2. The van der Waals surface area contributed by atoms with Crippen molar-refractivity contribution in [2.24, 2.45) is 0 Å². The Morgan fingerprint density at radius 2 is 1.94 bits per heavy atom. The van der Waals surface area contributed by atoms with Crippen LogP contribution >= 0.6 is 0 Å². The van der Waals surface area contributed by atoms with Crippen LogP contribution in [0.3, 0.4) is 0 Å². The standard InChI is InChI=1S/C15H15NO/c1-10-4-3-5-14-13-7-6-12(17)8-11(13)9-16(2)15(10)14/h3-8,17H,9H2,1-2H3. The largest absolute Gasteiger partial charge is 0.508 e. The molecule has 0 spiro atoms. The second-order valence-corrected chi connectivity index (χ2v) is 4.67. The van der Waals surface area contributed by atoms with Crippen LogP contribution in [0.1, 0.15) is 11.1 Å². The Morgan fingerprint density at radius 1 is 1.12 bits per heavy atom. The zero-order valence-electron chi connectivity index (χ0n) is 10.1. The lowest BCUT2D eigenvalue weighted by atomic mass is 9.91. The average molecular weight is 225 g/mol. The van der Waals surface area contributed by atoms with Crippen LogP contribution in [-0.2, 0) is 6.54 Å². The molecule has 0 radical (unpaired) electrons. The average Bonchev–Trinajstić information content (AvgIpc) is 2.28. The predicted octanol–water partition coefficient (Wildman–Crippen LogP) is 3.32. The monoisotopic (exact) mass is 225 g/mol. The third kappa shape index (κ3) is 1.48. The summed E-state index contributed by atoms with van der Waals surface area (Å²) in [5.41, 5.74) is 6.27. The quantitative estimate of drug-likeness (QED) is 0.743. The first-order chi connectivity index (χ1) is 8.16. The summed E-state index contributed by atoms with van der Waals surface area (Å²) >= 11 is 0. The normalized spacial score (nSPS) is 13.2. The molecule has 0 unspecified atom stereocenters. The number of aryl methyl sites for hydroxylation is 1. The van der Waals surface area contributed by atoms with E-state index in [4.69, 9.17) is 0 Å². The molecule has 2 heteroatoms. The molecule has 86 valence electrons. The minimum Gasteiger partial charge on any atom is -0.508 e. The summed E-state index contributed by atoms with van der Waals surface area (Å²) in [7, 11) is 2.10. The fourth-order valence-electron chi connectivity index (χ4n) is 2.69. The number of nitrogens with zero attached hydrogens (tertiary/aromatic N) is 1. The molecule has 2 aromatic rings. The first-order valence-corrected chi connectivity index (χ1v) is 5.80. The Morgan fingerprint density at radius 3 is 2.76 bits per heavy atom. The molecule has 0 saturated heterocycles. The van der Waals surface area contributed by atoms with Gasteiger partial charge in [0.25, 0.3) is 0 Å². The smallest absolute Gasteiger partial charge is 0.115 e. The third-order valence-corrected chi connectivity index (χ3v) is 3.41. The Bertz CT molecular complexity index is 589. The van der Waals surface area contributed by atoms with Gasteiger partial charge in [0.2, 0.25) is 0 Å². The number of hydrogen-bond donors (Lipinski definition) is 1. The van der Waals surface area contributed by atoms with E-state index in [1.165, 1.54) is 27.9 Å². The van der Waals surface area contributed by atoms with Gasteiger partial charge < -0.3 is 10.0 Å². The van der Waals surface area contributed by atoms with Gasteiger partial charge >= 0.3 is 0 Å². The van der Waals surface area contributed by atoms with Crippen LogP contribution in [0.25, 0.3) is 11.1 Å². The van der Waals surface area contributed by atoms with E-state index < -0.39 is 0 Å². The number of hydrogen-bond acceptors (Lipinski definition) is 2. The zero-order chi connectivity index (χ0) is 12.0. The molecule has 0 saturated carbocycles. The Balaban J connectivity index is 2.30. The van der Waals surface area contributed by atoms with E-state index in [-0.39, 0.29) is 0 Å². The maximum atomic E-state index is 9.56. The Labute approximate surface area is 101 Å². The fraction of sp³-hybridized carbons (Fsp3) is 0.200. The van der Waals surface area contributed by atoms with Gasteiger partial charge in [-0.25, -0.2) is 0 Å². The van der Waals surface area contributed by atoms with Gasteiger partial charge in [0.15, 0.2) is 0 Å². The van der Waals surface area contributed by atoms with Crippen molar-refractivity contribution < 1.29 is 5.11 Å². The number of para-hydroxylation sites is 1. The molecular weight excluding hydrogens is 210 g/mol. The van der Waals surface area contributed by atoms with E-state index in [9.17, 15) is 5.11 Å². The molecule has 1 heterocycles. The lowest BCUT2D eigenvalue weighted by Gasteiger charge is -2.31. The van der Waals surface area contributed by atoms with E-state index in [1.807, 2.05) is 12.1 Å². The summed E-state index contributed by atoms with van der Waals surface area (Å²) in [6.45, 7) is 2.99. The molecule has 17 heavy (non-hydrogen) atoms. The van der Waals surface area contributed by atoms with Gasteiger partial charge in [-0.3, -0.25) is 0 Å². The second-order valence-electron chi connectivity index (χ2n) is 4.67. The highest BCUT2D eigenvalue weighted by Gasteiger charge is 2.20. The highest BCUT2D eigenvalue weighted by atomic mass is 16.3. The highest BCUT2D eigenvalue weighted by molar-refractivity contribution is 5.85. The number of anilines is 1. The van der Waals surface area contributed by atoms with Crippen molar-refractivity contribution in [2.45, 2.75) is 13.5 Å². The van der Waals surface area contributed by atoms with Crippen molar-refractivity contribution in [2.75, 3.05) is 11.9 Å². The molecule has 0 aliphatic carbocycles. The first kappa shape index (κ1) is 10.2. The van der Waals surface area contributed by atoms with Crippen molar-refractivity contribution in [3.05, 3.63) is 47.5 Å². The van der Waals surface area contributed by atoms with E-state index in [0.717, 1.165) is 6.54 Å². The molecule has 2 aromatic carbocycles. The van der Waals surface area contributed by atoms with Crippen LogP contribution in [0.2, 0.25) is 0 Å². The summed E-state index contributed by atoms with van der Waals surface area (Å²) in [5, 5.41) is 9.56. The molecule has 1 N–H and O–H groups in total. The molecule has 0 bridgehead atoms. The maximum absolute atomic E-state index is 9.56. The van der Waals surface area contributed by atoms with Crippen LogP contribution in [0.5, 0.6) is 5.75 Å². The fourth-order valence-corrected chi connectivity index (χ4v) is 2.69. The molecule has 0 aromatic heterocycles. The van der Waals surface area contributed by atoms with Crippen molar-refractivity contribution in [3.63, 3.8) is 0 Å². The summed E-state index contributed by atoms with van der Waals surface area (Å²) in [4.78, 5) is 2.24. The molecule has 1 aliphatic heterocycles. The number of benzene rings is 2. The van der Waals surface area contributed by atoms with Gasteiger partial charge in [-0.05, 0) is 35.7 Å². The predicted molar refractivity (Wildman–Crippen MR) is 70.4 cm³/mol. The van der Waals surface area contributed by atoms with Gasteiger partial charge in [0.05, 0.1) is 0 Å². The minimum atomic E-state index is 0.341. The van der Waals surface area contributed by atoms with Crippen LogP contribution in [0.15, 0.2) is 36.4 Å². The maximum Gasteiger partial charge on any atom is 0.115 e. The molecule has 3 rings (SSSR count). The third-order valence-electron chi connectivity index (χ3n) is 3.41. The second kappa shape index (κ2) is 3.52. The van der Waals surface area contributed by atoms with Crippen LogP contribution < -0.4 is 4.90 Å². The molecule has 0 atom stereocenters. The first-order valence-electron chi connectivity index (χ1n) is 5.80. The van der Waals surface area contributed by atoms with Gasteiger partial charge in [0.1, 0.15) is 5.75 Å². The van der Waals surface area contributed by atoms with Gasteiger partial charge in [0, 0.05) is 24.8 Å². The Hall–Kier alpha value is -1.96. The van der Waals surface area contributed by atoms with Crippen LogP contribution in [0, 0.1) is 6.92 Å². The summed E-state index contributed by atoms with van der Waals surface area (Å²) < 4.78 is 0. The number of phenolic OH excluding ortho intramolecular Hbond substituents is 1.